The average Bonchev–Trinajstić information content (AvgIpc) is 2.54. The SMILES string of the molecule is O=C([O-])C1OCC(OS(=O)(=O)[O-])[C@H](O)[C@@H]1OCCCc1ccccc1. The maximum absolute atomic E-state index is 11.1. The van der Waals surface area contributed by atoms with Crippen LogP contribution in [-0.4, -0.2) is 61.7 Å². The summed E-state index contributed by atoms with van der Waals surface area (Å²) in [5.74, 6) is -1.62. The summed E-state index contributed by atoms with van der Waals surface area (Å²) in [6.45, 7) is -0.508. The molecule has 0 spiro atoms. The predicted molar refractivity (Wildman–Crippen MR) is 79.8 cm³/mol. The van der Waals surface area contributed by atoms with Gasteiger partial charge in [-0.1, -0.05) is 30.3 Å². The van der Waals surface area contributed by atoms with Crippen molar-refractivity contribution in [2.45, 2.75) is 37.3 Å². The standard InChI is InChI=1S/C15H20O9S/c16-12-11(24-25(19,20)21)9-23-14(15(17)18)13(12)22-8-4-7-10-5-2-1-3-6-10/h1-3,5-6,11-14,16H,4,7-9H2,(H,17,18)(H,19,20,21)/p-2/t11?,12-,13-,14?/m0/s1. The number of carboxylic acid groups (broad SMARTS) is 1. The maximum Gasteiger partial charge on any atom is 0.218 e. The van der Waals surface area contributed by atoms with E-state index < -0.39 is 47.4 Å². The van der Waals surface area contributed by atoms with Gasteiger partial charge in [-0.3, -0.25) is 4.18 Å². The van der Waals surface area contributed by atoms with Crippen LogP contribution in [0.5, 0.6) is 0 Å². The van der Waals surface area contributed by atoms with Crippen LogP contribution in [0.2, 0.25) is 0 Å². The molecule has 140 valence electrons. The van der Waals surface area contributed by atoms with Crippen molar-refractivity contribution in [1.29, 1.82) is 0 Å². The molecule has 0 bridgehead atoms. The number of hydrogen-bond donors (Lipinski definition) is 1. The molecule has 9 nitrogen and oxygen atoms in total. The van der Waals surface area contributed by atoms with E-state index in [0.717, 1.165) is 5.56 Å². The molecule has 0 aromatic heterocycles. The molecule has 1 heterocycles. The summed E-state index contributed by atoms with van der Waals surface area (Å²) in [7, 11) is -5.09. The van der Waals surface area contributed by atoms with Crippen LogP contribution >= 0.6 is 0 Å². The zero-order chi connectivity index (χ0) is 18.4. The summed E-state index contributed by atoms with van der Waals surface area (Å²) < 4.78 is 46.5. The number of aliphatic carboxylic acids is 1. The smallest absolute Gasteiger partial charge is 0.218 e. The highest BCUT2D eigenvalue weighted by atomic mass is 32.3. The fraction of sp³-hybridized carbons (Fsp3) is 0.533. The Morgan fingerprint density at radius 2 is 2.00 bits per heavy atom. The molecule has 2 unspecified atom stereocenters. The van der Waals surface area contributed by atoms with Gasteiger partial charge in [-0.15, -0.1) is 0 Å². The molecule has 4 atom stereocenters. The van der Waals surface area contributed by atoms with Gasteiger partial charge in [0.2, 0.25) is 10.4 Å². The van der Waals surface area contributed by atoms with Crippen molar-refractivity contribution in [2.24, 2.45) is 0 Å². The highest BCUT2D eigenvalue weighted by molar-refractivity contribution is 7.80. The van der Waals surface area contributed by atoms with Crippen LogP contribution in [0.25, 0.3) is 0 Å². The number of aryl methyl sites for hydroxylation is 1. The molecule has 2 rings (SSSR count). The molecular formula is C15H18O9S-2. The van der Waals surface area contributed by atoms with E-state index in [4.69, 9.17) is 9.47 Å². The fourth-order valence-corrected chi connectivity index (χ4v) is 3.02. The maximum atomic E-state index is 11.1. The van der Waals surface area contributed by atoms with Gasteiger partial charge in [0.25, 0.3) is 0 Å². The number of rotatable bonds is 8. The number of aliphatic hydroxyl groups is 1. The van der Waals surface area contributed by atoms with E-state index in [1.165, 1.54) is 0 Å². The Kier molecular flexibility index (Phi) is 6.87. The summed E-state index contributed by atoms with van der Waals surface area (Å²) in [5, 5.41) is 21.2. The molecule has 1 N–H and O–H groups in total. The molecule has 1 saturated heterocycles. The van der Waals surface area contributed by atoms with Crippen molar-refractivity contribution in [3.05, 3.63) is 35.9 Å². The van der Waals surface area contributed by atoms with E-state index in [0.29, 0.717) is 12.8 Å². The Labute approximate surface area is 145 Å². The lowest BCUT2D eigenvalue weighted by atomic mass is 10.00. The number of benzene rings is 1. The van der Waals surface area contributed by atoms with Gasteiger partial charge < -0.3 is 29.0 Å². The molecule has 0 amide bonds. The number of carbonyl (C=O) groups is 1. The van der Waals surface area contributed by atoms with Gasteiger partial charge in [-0.05, 0) is 18.4 Å². The summed E-state index contributed by atoms with van der Waals surface area (Å²) in [6, 6.07) is 9.49. The molecule has 10 heteroatoms. The van der Waals surface area contributed by atoms with Crippen molar-refractivity contribution in [2.75, 3.05) is 13.2 Å². The fourth-order valence-electron chi connectivity index (χ4n) is 2.55. The molecule has 1 aromatic rings. The third-order valence-corrected chi connectivity index (χ3v) is 4.18. The second-order valence-electron chi connectivity index (χ2n) is 5.53. The van der Waals surface area contributed by atoms with Crippen LogP contribution in [0.15, 0.2) is 30.3 Å². The molecule has 0 radical (unpaired) electrons. The minimum absolute atomic E-state index is 0.0839. The van der Waals surface area contributed by atoms with Crippen molar-refractivity contribution in [3.63, 3.8) is 0 Å². The van der Waals surface area contributed by atoms with Gasteiger partial charge >= 0.3 is 0 Å². The van der Waals surface area contributed by atoms with Crippen LogP contribution in [0.3, 0.4) is 0 Å². The molecule has 0 aliphatic carbocycles. The largest absolute Gasteiger partial charge is 0.726 e. The van der Waals surface area contributed by atoms with Crippen LogP contribution in [0, 0.1) is 0 Å². The number of carboxylic acids is 1. The highest BCUT2D eigenvalue weighted by Gasteiger charge is 2.42. The summed E-state index contributed by atoms with van der Waals surface area (Å²) in [4.78, 5) is 11.1. The number of carbonyl (C=O) groups excluding carboxylic acids is 1. The van der Waals surface area contributed by atoms with E-state index in [1.54, 1.807) is 0 Å². The molecule has 1 aliphatic rings. The van der Waals surface area contributed by atoms with Gasteiger partial charge in [0.05, 0.1) is 12.6 Å². The average molecular weight is 374 g/mol. The first-order valence-electron chi connectivity index (χ1n) is 7.58. The van der Waals surface area contributed by atoms with E-state index in [9.17, 15) is 28.0 Å². The van der Waals surface area contributed by atoms with Gasteiger partial charge in [-0.25, -0.2) is 8.42 Å². The predicted octanol–water partition coefficient (Wildman–Crippen LogP) is -1.64. The first-order chi connectivity index (χ1) is 11.8. The third kappa shape index (κ3) is 6.03. The van der Waals surface area contributed by atoms with E-state index in [2.05, 4.69) is 4.18 Å². The monoisotopic (exact) mass is 374 g/mol. The molecule has 25 heavy (non-hydrogen) atoms. The lowest BCUT2D eigenvalue weighted by Gasteiger charge is -2.40. The third-order valence-electron chi connectivity index (χ3n) is 3.69. The molecule has 1 fully saturated rings. The number of aliphatic hydroxyl groups excluding tert-OH is 1. The zero-order valence-corrected chi connectivity index (χ0v) is 14.0. The van der Waals surface area contributed by atoms with Crippen molar-refractivity contribution >= 4 is 16.4 Å². The van der Waals surface area contributed by atoms with Crippen molar-refractivity contribution in [3.8, 4) is 0 Å². The highest BCUT2D eigenvalue weighted by Crippen LogP contribution is 2.22. The molecular weight excluding hydrogens is 356 g/mol. The first kappa shape index (κ1) is 19.8. The summed E-state index contributed by atoms with van der Waals surface area (Å²) in [5.41, 5.74) is 1.06. The Balaban J connectivity index is 1.93. The van der Waals surface area contributed by atoms with Gasteiger partial charge in [-0.2, -0.15) is 0 Å². The Morgan fingerprint density at radius 3 is 2.60 bits per heavy atom. The second kappa shape index (κ2) is 8.70. The zero-order valence-electron chi connectivity index (χ0n) is 13.1. The van der Waals surface area contributed by atoms with Gasteiger partial charge in [0, 0.05) is 6.61 Å². The molecule has 0 saturated carbocycles. The van der Waals surface area contributed by atoms with Crippen molar-refractivity contribution < 1.29 is 41.6 Å². The quantitative estimate of drug-likeness (QED) is 0.321. The Morgan fingerprint density at radius 1 is 1.32 bits per heavy atom. The second-order valence-corrected chi connectivity index (χ2v) is 6.54. The lowest BCUT2D eigenvalue weighted by molar-refractivity contribution is -0.329. The first-order valence-corrected chi connectivity index (χ1v) is 8.91. The van der Waals surface area contributed by atoms with E-state index >= 15 is 0 Å². The minimum atomic E-state index is -5.09. The van der Waals surface area contributed by atoms with Gasteiger partial charge in [0.1, 0.15) is 24.4 Å². The van der Waals surface area contributed by atoms with E-state index in [-0.39, 0.29) is 6.61 Å². The van der Waals surface area contributed by atoms with Crippen LogP contribution in [-0.2, 0) is 35.3 Å². The van der Waals surface area contributed by atoms with Crippen LogP contribution in [0.4, 0.5) is 0 Å². The Hall–Kier alpha value is -1.56. The number of hydrogen-bond acceptors (Lipinski definition) is 9. The minimum Gasteiger partial charge on any atom is -0.726 e. The van der Waals surface area contributed by atoms with Crippen LogP contribution in [0.1, 0.15) is 12.0 Å². The Bertz CT molecular complexity index is 661. The summed E-state index contributed by atoms with van der Waals surface area (Å²) >= 11 is 0. The molecule has 1 aliphatic heterocycles. The topological polar surface area (TPSA) is 145 Å². The number of ether oxygens (including phenoxy) is 2. The normalized spacial score (nSPS) is 27.1. The lowest BCUT2D eigenvalue weighted by Crippen LogP contribution is -2.60. The van der Waals surface area contributed by atoms with Crippen LogP contribution < -0.4 is 5.11 Å². The van der Waals surface area contributed by atoms with Crippen molar-refractivity contribution in [1.82, 2.24) is 0 Å². The van der Waals surface area contributed by atoms with Gasteiger partial charge in [0.15, 0.2) is 0 Å². The summed E-state index contributed by atoms with van der Waals surface area (Å²) in [6.07, 6.45) is -5.04. The molecule has 1 aromatic carbocycles. The van der Waals surface area contributed by atoms with E-state index in [1.807, 2.05) is 30.3 Å².